The summed E-state index contributed by atoms with van der Waals surface area (Å²) in [6, 6.07) is 4.06. The van der Waals surface area contributed by atoms with Gasteiger partial charge >= 0.3 is 17.7 Å². The average molecular weight is 440 g/mol. The van der Waals surface area contributed by atoms with Gasteiger partial charge in [0, 0.05) is 19.2 Å². The second-order valence-electron chi connectivity index (χ2n) is 6.82. The fourth-order valence-corrected chi connectivity index (χ4v) is 4.92. The molecule has 1 fully saturated rings. The smallest absolute Gasteiger partial charge is 0.420 e. The Morgan fingerprint density at radius 1 is 1.13 bits per heavy atom. The van der Waals surface area contributed by atoms with Crippen LogP contribution in [0.2, 0.25) is 0 Å². The van der Waals surface area contributed by atoms with Gasteiger partial charge in [0.2, 0.25) is 10.0 Å². The zero-order valence-corrected chi connectivity index (χ0v) is 17.6. The van der Waals surface area contributed by atoms with Crippen LogP contribution in [-0.2, 0) is 35.6 Å². The molecule has 11 heteroatoms. The standard InChI is InChI=1S/C19H24N2O8S/c1-3-27-17(22)12-21-15-6-5-14(11-16(15)29-19(21)24)30(25,26)20-9-7-13(8-10-20)18(23)28-4-2/h5-6,11,13H,3-4,7-10,12H2,1-2H3. The summed E-state index contributed by atoms with van der Waals surface area (Å²) >= 11 is 0. The number of carbonyl (C=O) groups is 2. The van der Waals surface area contributed by atoms with Gasteiger partial charge in [0.1, 0.15) is 6.54 Å². The molecule has 0 atom stereocenters. The van der Waals surface area contributed by atoms with Crippen molar-refractivity contribution in [2.24, 2.45) is 5.92 Å². The molecule has 2 heterocycles. The van der Waals surface area contributed by atoms with E-state index in [1.54, 1.807) is 13.8 Å². The van der Waals surface area contributed by atoms with Crippen molar-refractivity contribution in [3.63, 3.8) is 0 Å². The van der Waals surface area contributed by atoms with Gasteiger partial charge in [0.25, 0.3) is 0 Å². The molecule has 164 valence electrons. The lowest BCUT2D eigenvalue weighted by Crippen LogP contribution is -2.40. The third kappa shape index (κ3) is 4.41. The molecule has 1 aliphatic rings. The highest BCUT2D eigenvalue weighted by atomic mass is 32.2. The topological polar surface area (TPSA) is 125 Å². The van der Waals surface area contributed by atoms with Crippen LogP contribution in [-0.4, -0.2) is 55.5 Å². The molecule has 0 amide bonds. The first-order valence-corrected chi connectivity index (χ1v) is 11.2. The van der Waals surface area contributed by atoms with Gasteiger partial charge in [-0.3, -0.25) is 14.2 Å². The van der Waals surface area contributed by atoms with E-state index in [4.69, 9.17) is 13.9 Å². The molecule has 1 aromatic heterocycles. The molecule has 10 nitrogen and oxygen atoms in total. The molecular formula is C19H24N2O8S. The number of nitrogens with zero attached hydrogens (tertiary/aromatic N) is 2. The maximum absolute atomic E-state index is 13.0. The number of esters is 2. The number of rotatable bonds is 7. The van der Waals surface area contributed by atoms with Crippen molar-refractivity contribution in [2.75, 3.05) is 26.3 Å². The zero-order chi connectivity index (χ0) is 21.9. The first-order chi connectivity index (χ1) is 14.3. The number of ether oxygens (including phenoxy) is 2. The predicted octanol–water partition coefficient (Wildman–Crippen LogP) is 1.12. The van der Waals surface area contributed by atoms with E-state index < -0.39 is 21.7 Å². The average Bonchev–Trinajstić information content (AvgIpc) is 3.03. The lowest BCUT2D eigenvalue weighted by atomic mass is 9.98. The number of hydrogen-bond acceptors (Lipinski definition) is 8. The maximum atomic E-state index is 13.0. The number of hydrogen-bond donors (Lipinski definition) is 0. The number of carbonyl (C=O) groups excluding carboxylic acids is 2. The Morgan fingerprint density at radius 3 is 2.43 bits per heavy atom. The molecule has 0 bridgehead atoms. The molecule has 1 aliphatic heterocycles. The molecule has 0 spiro atoms. The Morgan fingerprint density at radius 2 is 1.80 bits per heavy atom. The van der Waals surface area contributed by atoms with Gasteiger partial charge in [-0.25, -0.2) is 13.2 Å². The lowest BCUT2D eigenvalue weighted by Gasteiger charge is -2.30. The van der Waals surface area contributed by atoms with Gasteiger partial charge < -0.3 is 13.9 Å². The fraction of sp³-hybridized carbons (Fsp3) is 0.526. The number of piperidine rings is 1. The van der Waals surface area contributed by atoms with E-state index in [0.717, 1.165) is 4.57 Å². The number of sulfonamides is 1. The molecule has 0 aliphatic carbocycles. The minimum atomic E-state index is -3.83. The monoisotopic (exact) mass is 440 g/mol. The molecule has 1 aromatic carbocycles. The van der Waals surface area contributed by atoms with Crippen LogP contribution in [0.25, 0.3) is 11.1 Å². The summed E-state index contributed by atoms with van der Waals surface area (Å²) in [5.74, 6) is -1.99. The minimum absolute atomic E-state index is 0.0263. The molecule has 0 N–H and O–H groups in total. The summed E-state index contributed by atoms with van der Waals surface area (Å²) in [6.45, 7) is 3.91. The van der Waals surface area contributed by atoms with E-state index in [-0.39, 0.29) is 48.6 Å². The van der Waals surface area contributed by atoms with Gasteiger partial charge in [0.05, 0.1) is 29.5 Å². The first kappa shape index (κ1) is 22.0. The van der Waals surface area contributed by atoms with Crippen LogP contribution >= 0.6 is 0 Å². The summed E-state index contributed by atoms with van der Waals surface area (Å²) in [6.07, 6.45) is 0.761. The predicted molar refractivity (Wildman–Crippen MR) is 105 cm³/mol. The molecule has 0 unspecified atom stereocenters. The van der Waals surface area contributed by atoms with Crippen LogP contribution in [0.4, 0.5) is 0 Å². The van der Waals surface area contributed by atoms with E-state index in [1.165, 1.54) is 22.5 Å². The van der Waals surface area contributed by atoms with Crippen LogP contribution in [0.1, 0.15) is 26.7 Å². The Balaban J connectivity index is 1.80. The van der Waals surface area contributed by atoms with Crippen LogP contribution in [0.5, 0.6) is 0 Å². The SMILES string of the molecule is CCOC(=O)Cn1c(=O)oc2cc(S(=O)(=O)N3CCC(C(=O)OCC)CC3)ccc21. The van der Waals surface area contributed by atoms with Gasteiger partial charge in [-0.2, -0.15) is 4.31 Å². The summed E-state index contributed by atoms with van der Waals surface area (Å²) in [5.41, 5.74) is 0.361. The van der Waals surface area contributed by atoms with Gasteiger partial charge in [0.15, 0.2) is 5.58 Å². The van der Waals surface area contributed by atoms with E-state index >= 15 is 0 Å². The molecule has 30 heavy (non-hydrogen) atoms. The third-order valence-electron chi connectivity index (χ3n) is 4.94. The van der Waals surface area contributed by atoms with Crippen LogP contribution in [0, 0.1) is 5.92 Å². The van der Waals surface area contributed by atoms with Crippen molar-refractivity contribution in [2.45, 2.75) is 38.1 Å². The second kappa shape index (κ2) is 9.00. The molecule has 2 aromatic rings. The molecule has 0 saturated carbocycles. The second-order valence-corrected chi connectivity index (χ2v) is 8.76. The molecular weight excluding hydrogens is 416 g/mol. The summed E-state index contributed by atoms with van der Waals surface area (Å²) in [4.78, 5) is 35.6. The zero-order valence-electron chi connectivity index (χ0n) is 16.8. The van der Waals surface area contributed by atoms with E-state index in [9.17, 15) is 22.8 Å². The Hall–Kier alpha value is -2.66. The number of fused-ring (bicyclic) bond motifs is 1. The minimum Gasteiger partial charge on any atom is -0.466 e. The fourth-order valence-electron chi connectivity index (χ4n) is 3.43. The van der Waals surface area contributed by atoms with Crippen LogP contribution < -0.4 is 5.76 Å². The highest BCUT2D eigenvalue weighted by Crippen LogP contribution is 2.26. The number of benzene rings is 1. The first-order valence-electron chi connectivity index (χ1n) is 9.73. The lowest BCUT2D eigenvalue weighted by molar-refractivity contribution is -0.149. The molecule has 0 radical (unpaired) electrons. The van der Waals surface area contributed by atoms with Crippen molar-refractivity contribution in [1.29, 1.82) is 0 Å². The van der Waals surface area contributed by atoms with E-state index in [1.807, 2.05) is 0 Å². The summed E-state index contributed by atoms with van der Waals surface area (Å²) in [5, 5.41) is 0. The number of aromatic nitrogens is 1. The van der Waals surface area contributed by atoms with Crippen LogP contribution in [0.15, 0.2) is 32.3 Å². The number of oxazole rings is 1. The molecule has 1 saturated heterocycles. The Kier molecular flexibility index (Phi) is 6.61. The van der Waals surface area contributed by atoms with Gasteiger partial charge in [-0.15, -0.1) is 0 Å². The molecule has 3 rings (SSSR count). The highest BCUT2D eigenvalue weighted by molar-refractivity contribution is 7.89. The van der Waals surface area contributed by atoms with Crippen molar-refractivity contribution in [3.8, 4) is 0 Å². The van der Waals surface area contributed by atoms with Gasteiger partial charge in [-0.1, -0.05) is 0 Å². The van der Waals surface area contributed by atoms with Crippen LogP contribution in [0.3, 0.4) is 0 Å². The van der Waals surface area contributed by atoms with E-state index in [2.05, 4.69) is 0 Å². The van der Waals surface area contributed by atoms with Crippen molar-refractivity contribution in [1.82, 2.24) is 8.87 Å². The third-order valence-corrected chi connectivity index (χ3v) is 6.84. The quantitative estimate of drug-likeness (QED) is 0.587. The van der Waals surface area contributed by atoms with Crippen molar-refractivity contribution >= 4 is 33.1 Å². The largest absolute Gasteiger partial charge is 0.466 e. The summed E-state index contributed by atoms with van der Waals surface area (Å²) < 4.78 is 43.4. The van der Waals surface area contributed by atoms with Crippen molar-refractivity contribution < 1.29 is 31.9 Å². The Bertz CT molecular complexity index is 1090. The van der Waals surface area contributed by atoms with Gasteiger partial charge in [-0.05, 0) is 38.8 Å². The normalized spacial score (nSPS) is 15.9. The highest BCUT2D eigenvalue weighted by Gasteiger charge is 2.33. The summed E-state index contributed by atoms with van der Waals surface area (Å²) in [7, 11) is -3.83. The maximum Gasteiger partial charge on any atom is 0.420 e. The van der Waals surface area contributed by atoms with Crippen molar-refractivity contribution in [3.05, 3.63) is 28.7 Å². The Labute approximate surface area is 173 Å². The van der Waals surface area contributed by atoms with E-state index in [0.29, 0.717) is 25.0 Å².